The zero-order valence-electron chi connectivity index (χ0n) is 12.3. The Morgan fingerprint density at radius 1 is 1.14 bits per heavy atom. The fourth-order valence-electron chi connectivity index (χ4n) is 1.85. The molecule has 0 saturated carbocycles. The SMILES string of the molecule is Cc1ccc(C)c(/C=N/NC(=O)CNc2ccccc2)c1. The van der Waals surface area contributed by atoms with E-state index in [1.165, 1.54) is 5.56 Å². The monoisotopic (exact) mass is 281 g/mol. The standard InChI is InChI=1S/C17H19N3O/c1-13-8-9-14(2)15(10-13)11-19-20-17(21)12-18-16-6-4-3-5-7-16/h3-11,18H,12H2,1-2H3,(H,20,21)/b19-11+. The van der Waals surface area contributed by atoms with Gasteiger partial charge in [0.05, 0.1) is 12.8 Å². The van der Waals surface area contributed by atoms with Crippen molar-refractivity contribution >= 4 is 17.8 Å². The summed E-state index contributed by atoms with van der Waals surface area (Å²) in [5, 5.41) is 7.02. The molecule has 0 bridgehead atoms. The van der Waals surface area contributed by atoms with Gasteiger partial charge < -0.3 is 5.32 Å². The van der Waals surface area contributed by atoms with Crippen molar-refractivity contribution in [3.8, 4) is 0 Å². The van der Waals surface area contributed by atoms with Gasteiger partial charge in [-0.15, -0.1) is 0 Å². The first-order chi connectivity index (χ1) is 10.1. The highest BCUT2D eigenvalue weighted by atomic mass is 16.2. The molecule has 0 aliphatic carbocycles. The molecule has 4 nitrogen and oxygen atoms in total. The highest BCUT2D eigenvalue weighted by molar-refractivity contribution is 5.85. The Labute approximate surface area is 124 Å². The maximum absolute atomic E-state index is 11.7. The number of nitrogens with one attached hydrogen (secondary N) is 2. The second-order valence-corrected chi connectivity index (χ2v) is 4.87. The van der Waals surface area contributed by atoms with Crippen LogP contribution in [-0.2, 0) is 4.79 Å². The Morgan fingerprint density at radius 3 is 2.67 bits per heavy atom. The number of hydrazone groups is 1. The highest BCUT2D eigenvalue weighted by Gasteiger charge is 1.99. The molecule has 0 aromatic heterocycles. The van der Waals surface area contributed by atoms with E-state index in [1.54, 1.807) is 6.21 Å². The van der Waals surface area contributed by atoms with Crippen LogP contribution in [0.25, 0.3) is 0 Å². The second-order valence-electron chi connectivity index (χ2n) is 4.87. The van der Waals surface area contributed by atoms with Crippen molar-refractivity contribution in [3.63, 3.8) is 0 Å². The van der Waals surface area contributed by atoms with Crippen LogP contribution >= 0.6 is 0 Å². The number of benzene rings is 2. The Morgan fingerprint density at radius 2 is 1.90 bits per heavy atom. The number of para-hydroxylation sites is 1. The van der Waals surface area contributed by atoms with E-state index < -0.39 is 0 Å². The van der Waals surface area contributed by atoms with Crippen LogP contribution in [0.2, 0.25) is 0 Å². The van der Waals surface area contributed by atoms with Crippen molar-refractivity contribution < 1.29 is 4.79 Å². The van der Waals surface area contributed by atoms with Gasteiger partial charge in [0, 0.05) is 5.69 Å². The predicted molar refractivity (Wildman–Crippen MR) is 86.6 cm³/mol. The quantitative estimate of drug-likeness (QED) is 0.654. The van der Waals surface area contributed by atoms with Gasteiger partial charge in [-0.05, 0) is 37.1 Å². The Balaban J connectivity index is 1.83. The lowest BCUT2D eigenvalue weighted by Gasteiger charge is -2.05. The average molecular weight is 281 g/mol. The van der Waals surface area contributed by atoms with Gasteiger partial charge >= 0.3 is 0 Å². The first-order valence-electron chi connectivity index (χ1n) is 6.83. The molecule has 0 fully saturated rings. The van der Waals surface area contributed by atoms with Gasteiger partial charge in [0.25, 0.3) is 5.91 Å². The number of aryl methyl sites for hydroxylation is 2. The molecule has 0 spiro atoms. The van der Waals surface area contributed by atoms with Gasteiger partial charge in [0.2, 0.25) is 0 Å². The van der Waals surface area contributed by atoms with Gasteiger partial charge in [-0.25, -0.2) is 5.43 Å². The molecule has 2 aromatic rings. The van der Waals surface area contributed by atoms with E-state index in [9.17, 15) is 4.79 Å². The lowest BCUT2D eigenvalue weighted by molar-refractivity contribution is -0.119. The van der Waals surface area contributed by atoms with Crippen LogP contribution in [0, 0.1) is 13.8 Å². The van der Waals surface area contributed by atoms with Crippen molar-refractivity contribution in [2.45, 2.75) is 13.8 Å². The molecule has 1 amide bonds. The first-order valence-corrected chi connectivity index (χ1v) is 6.83. The van der Waals surface area contributed by atoms with Crippen molar-refractivity contribution in [3.05, 3.63) is 65.2 Å². The molecule has 0 aliphatic heterocycles. The normalized spacial score (nSPS) is 10.6. The van der Waals surface area contributed by atoms with Gasteiger partial charge in [0.15, 0.2) is 0 Å². The molecule has 21 heavy (non-hydrogen) atoms. The van der Waals surface area contributed by atoms with E-state index >= 15 is 0 Å². The third-order valence-electron chi connectivity index (χ3n) is 3.05. The number of carbonyl (C=O) groups is 1. The predicted octanol–water partition coefficient (Wildman–Crippen LogP) is 2.87. The van der Waals surface area contributed by atoms with Crippen molar-refractivity contribution in [2.75, 3.05) is 11.9 Å². The summed E-state index contributed by atoms with van der Waals surface area (Å²) in [4.78, 5) is 11.7. The third-order valence-corrected chi connectivity index (χ3v) is 3.05. The maximum Gasteiger partial charge on any atom is 0.259 e. The number of amides is 1. The lowest BCUT2D eigenvalue weighted by Crippen LogP contribution is -2.25. The smallest absolute Gasteiger partial charge is 0.259 e. The minimum atomic E-state index is -0.180. The summed E-state index contributed by atoms with van der Waals surface area (Å²) in [6.45, 7) is 4.23. The van der Waals surface area contributed by atoms with Gasteiger partial charge in [0.1, 0.15) is 0 Å². The molecule has 0 saturated heterocycles. The van der Waals surface area contributed by atoms with Crippen LogP contribution in [0.5, 0.6) is 0 Å². The minimum absolute atomic E-state index is 0.180. The van der Waals surface area contributed by atoms with Gasteiger partial charge in [-0.3, -0.25) is 4.79 Å². The van der Waals surface area contributed by atoms with E-state index in [2.05, 4.69) is 21.9 Å². The molecule has 0 unspecified atom stereocenters. The zero-order valence-corrected chi connectivity index (χ0v) is 12.3. The van der Waals surface area contributed by atoms with Crippen LogP contribution in [0.1, 0.15) is 16.7 Å². The summed E-state index contributed by atoms with van der Waals surface area (Å²) >= 11 is 0. The fourth-order valence-corrected chi connectivity index (χ4v) is 1.85. The number of carbonyl (C=O) groups excluding carboxylic acids is 1. The van der Waals surface area contributed by atoms with Crippen molar-refractivity contribution in [1.82, 2.24) is 5.43 Å². The summed E-state index contributed by atoms with van der Waals surface area (Å²) < 4.78 is 0. The molecular weight excluding hydrogens is 262 g/mol. The van der Waals surface area contributed by atoms with E-state index in [0.29, 0.717) is 0 Å². The third kappa shape index (κ3) is 4.76. The summed E-state index contributed by atoms with van der Waals surface area (Å²) in [7, 11) is 0. The van der Waals surface area contributed by atoms with Crippen molar-refractivity contribution in [1.29, 1.82) is 0 Å². The molecule has 4 heteroatoms. The van der Waals surface area contributed by atoms with E-state index in [-0.39, 0.29) is 12.5 Å². The number of nitrogens with zero attached hydrogens (tertiary/aromatic N) is 1. The largest absolute Gasteiger partial charge is 0.376 e. The lowest BCUT2D eigenvalue weighted by atomic mass is 10.1. The van der Waals surface area contributed by atoms with Crippen LogP contribution in [-0.4, -0.2) is 18.7 Å². The Bertz CT molecular complexity index is 636. The number of hydrogen-bond acceptors (Lipinski definition) is 3. The zero-order chi connectivity index (χ0) is 15.1. The van der Waals surface area contributed by atoms with E-state index in [4.69, 9.17) is 0 Å². The Kier molecular flexibility index (Phi) is 5.10. The summed E-state index contributed by atoms with van der Waals surface area (Å²) in [6.07, 6.45) is 1.67. The molecule has 2 aromatic carbocycles. The molecule has 0 radical (unpaired) electrons. The molecular formula is C17H19N3O. The topological polar surface area (TPSA) is 53.5 Å². The van der Waals surface area contributed by atoms with E-state index in [1.807, 2.05) is 56.3 Å². The Hall–Kier alpha value is -2.62. The van der Waals surface area contributed by atoms with E-state index in [0.717, 1.165) is 16.8 Å². The summed E-state index contributed by atoms with van der Waals surface area (Å²) in [6, 6.07) is 15.7. The van der Waals surface area contributed by atoms with Gasteiger partial charge in [-0.2, -0.15) is 5.10 Å². The first kappa shape index (κ1) is 14.8. The van der Waals surface area contributed by atoms with Gasteiger partial charge in [-0.1, -0.05) is 42.0 Å². The second kappa shape index (κ2) is 7.24. The maximum atomic E-state index is 11.7. The molecule has 108 valence electrons. The molecule has 0 heterocycles. The van der Waals surface area contributed by atoms with Crippen LogP contribution < -0.4 is 10.7 Å². The molecule has 2 N–H and O–H groups in total. The summed E-state index contributed by atoms with van der Waals surface area (Å²) in [5.74, 6) is -0.180. The van der Waals surface area contributed by atoms with Crippen LogP contribution in [0.3, 0.4) is 0 Å². The number of anilines is 1. The highest BCUT2D eigenvalue weighted by Crippen LogP contribution is 2.07. The number of hydrogen-bond donors (Lipinski definition) is 2. The summed E-state index contributed by atoms with van der Waals surface area (Å²) in [5.41, 5.74) is 6.72. The average Bonchev–Trinajstić information content (AvgIpc) is 2.50. The molecule has 2 rings (SSSR count). The molecule has 0 atom stereocenters. The van der Waals surface area contributed by atoms with Crippen molar-refractivity contribution in [2.24, 2.45) is 5.10 Å². The minimum Gasteiger partial charge on any atom is -0.376 e. The molecule has 0 aliphatic rings. The van der Waals surface area contributed by atoms with Crippen LogP contribution in [0.15, 0.2) is 53.6 Å². The number of rotatable bonds is 5. The fraction of sp³-hybridized carbons (Fsp3) is 0.176. The van der Waals surface area contributed by atoms with Crippen LogP contribution in [0.4, 0.5) is 5.69 Å².